The van der Waals surface area contributed by atoms with Crippen LogP contribution in [0.25, 0.3) is 0 Å². The number of amides is 1. The fraction of sp³-hybridized carbons (Fsp3) is 0.500. The minimum absolute atomic E-state index is 0.00338. The molecule has 1 amide bonds. The lowest BCUT2D eigenvalue weighted by Gasteiger charge is -2.30. The van der Waals surface area contributed by atoms with Gasteiger partial charge in [-0.05, 0) is 48.4 Å². The van der Waals surface area contributed by atoms with Crippen LogP contribution in [0.2, 0.25) is 0 Å². The first-order valence-electron chi connectivity index (χ1n) is 11.9. The standard InChI is InChI=1S/C26H34N2O4S/c1-32-24-13-11-20(12-14-24)17-28(23-15-16-33(30,31)19-23)18-25(29)27-26(22-9-5-6-10-22)21-7-3-2-4-8-21/h2-4,7-8,11-14,22-23,26H,5-6,9-10,15-19H2,1H3,(H,27,29). The number of nitrogens with one attached hydrogen (secondary N) is 1. The average Bonchev–Trinajstić information content (AvgIpc) is 3.48. The molecule has 2 aromatic rings. The molecule has 1 N–H and O–H groups in total. The Kier molecular flexibility index (Phi) is 7.71. The van der Waals surface area contributed by atoms with Gasteiger partial charge >= 0.3 is 0 Å². The van der Waals surface area contributed by atoms with Gasteiger partial charge in [0.2, 0.25) is 5.91 Å². The molecule has 0 bridgehead atoms. The van der Waals surface area contributed by atoms with Crippen LogP contribution in [0.15, 0.2) is 54.6 Å². The second-order valence-electron chi connectivity index (χ2n) is 9.31. The maximum atomic E-state index is 13.3. The Balaban J connectivity index is 1.49. The molecule has 7 heteroatoms. The molecule has 178 valence electrons. The van der Waals surface area contributed by atoms with Crippen LogP contribution in [0, 0.1) is 5.92 Å². The van der Waals surface area contributed by atoms with E-state index in [4.69, 9.17) is 4.74 Å². The Morgan fingerprint density at radius 2 is 1.76 bits per heavy atom. The number of sulfone groups is 1. The predicted molar refractivity (Wildman–Crippen MR) is 130 cm³/mol. The van der Waals surface area contributed by atoms with E-state index in [2.05, 4.69) is 17.4 Å². The number of ether oxygens (including phenoxy) is 1. The molecule has 2 unspecified atom stereocenters. The van der Waals surface area contributed by atoms with Crippen LogP contribution in [0.1, 0.15) is 49.3 Å². The Bertz CT molecular complexity index is 1020. The van der Waals surface area contributed by atoms with Gasteiger partial charge in [0.25, 0.3) is 0 Å². The Morgan fingerprint density at radius 3 is 2.36 bits per heavy atom. The molecule has 2 aromatic carbocycles. The minimum Gasteiger partial charge on any atom is -0.497 e. The van der Waals surface area contributed by atoms with Gasteiger partial charge in [-0.1, -0.05) is 55.3 Å². The van der Waals surface area contributed by atoms with Crippen molar-refractivity contribution in [2.75, 3.05) is 25.2 Å². The molecule has 2 atom stereocenters. The van der Waals surface area contributed by atoms with Crippen LogP contribution in [0.4, 0.5) is 0 Å². The fourth-order valence-corrected chi connectivity index (χ4v) is 6.93. The van der Waals surface area contributed by atoms with Crippen molar-refractivity contribution in [2.24, 2.45) is 5.92 Å². The van der Waals surface area contributed by atoms with Crippen molar-refractivity contribution in [1.82, 2.24) is 10.2 Å². The van der Waals surface area contributed by atoms with E-state index < -0.39 is 9.84 Å². The highest BCUT2D eigenvalue weighted by Gasteiger charge is 2.34. The summed E-state index contributed by atoms with van der Waals surface area (Å²) in [5.74, 6) is 1.47. The van der Waals surface area contributed by atoms with Crippen molar-refractivity contribution < 1.29 is 17.9 Å². The van der Waals surface area contributed by atoms with E-state index in [9.17, 15) is 13.2 Å². The second kappa shape index (κ2) is 10.7. The molecule has 1 heterocycles. The van der Waals surface area contributed by atoms with Crippen molar-refractivity contribution in [2.45, 2.75) is 50.7 Å². The summed E-state index contributed by atoms with van der Waals surface area (Å²) in [6, 6.07) is 17.8. The molecular weight excluding hydrogens is 436 g/mol. The smallest absolute Gasteiger partial charge is 0.234 e. The first-order chi connectivity index (χ1) is 15.9. The summed E-state index contributed by atoms with van der Waals surface area (Å²) < 4.78 is 29.6. The lowest BCUT2D eigenvalue weighted by molar-refractivity contribution is -0.124. The van der Waals surface area contributed by atoms with Gasteiger partial charge in [-0.2, -0.15) is 0 Å². The summed E-state index contributed by atoms with van der Waals surface area (Å²) in [5, 5.41) is 3.30. The average molecular weight is 471 g/mol. The van der Waals surface area contributed by atoms with Crippen LogP contribution in [0.5, 0.6) is 5.75 Å². The first-order valence-corrected chi connectivity index (χ1v) is 13.7. The van der Waals surface area contributed by atoms with E-state index in [0.717, 1.165) is 29.7 Å². The fourth-order valence-electron chi connectivity index (χ4n) is 5.17. The number of benzene rings is 2. The molecule has 2 fully saturated rings. The number of methoxy groups -OCH3 is 1. The highest BCUT2D eigenvalue weighted by Crippen LogP contribution is 2.35. The lowest BCUT2D eigenvalue weighted by Crippen LogP contribution is -2.45. The second-order valence-corrected chi connectivity index (χ2v) is 11.5. The van der Waals surface area contributed by atoms with E-state index in [-0.39, 0.29) is 36.0 Å². The van der Waals surface area contributed by atoms with Crippen LogP contribution < -0.4 is 10.1 Å². The van der Waals surface area contributed by atoms with Crippen LogP contribution in [0.3, 0.4) is 0 Å². The molecule has 1 aliphatic carbocycles. The van der Waals surface area contributed by atoms with Gasteiger partial charge in [-0.25, -0.2) is 8.42 Å². The molecule has 0 spiro atoms. The summed E-state index contributed by atoms with van der Waals surface area (Å²) >= 11 is 0. The number of nitrogens with zero attached hydrogens (tertiary/aromatic N) is 1. The SMILES string of the molecule is COc1ccc(CN(CC(=O)NC(c2ccccc2)C2CCCC2)C2CCS(=O)(=O)C2)cc1. The molecule has 6 nitrogen and oxygen atoms in total. The van der Waals surface area contributed by atoms with E-state index in [1.54, 1.807) is 7.11 Å². The van der Waals surface area contributed by atoms with Crippen LogP contribution >= 0.6 is 0 Å². The molecule has 1 saturated heterocycles. The zero-order chi connectivity index (χ0) is 23.3. The van der Waals surface area contributed by atoms with Gasteiger partial charge in [0, 0.05) is 12.6 Å². The van der Waals surface area contributed by atoms with Gasteiger partial charge in [0.05, 0.1) is 31.2 Å². The maximum absolute atomic E-state index is 13.3. The first kappa shape index (κ1) is 23.8. The monoisotopic (exact) mass is 470 g/mol. The molecule has 33 heavy (non-hydrogen) atoms. The molecular formula is C26H34N2O4S. The van der Waals surface area contributed by atoms with E-state index >= 15 is 0 Å². The van der Waals surface area contributed by atoms with Crippen LogP contribution in [-0.4, -0.2) is 50.4 Å². The Labute approximate surface area is 197 Å². The third-order valence-electron chi connectivity index (χ3n) is 6.96. The normalized spacial score (nSPS) is 21.2. The number of hydrogen-bond acceptors (Lipinski definition) is 5. The third kappa shape index (κ3) is 6.36. The quantitative estimate of drug-likeness (QED) is 0.604. The lowest BCUT2D eigenvalue weighted by atomic mass is 9.91. The van der Waals surface area contributed by atoms with Gasteiger partial charge in [-0.15, -0.1) is 0 Å². The van der Waals surface area contributed by atoms with Gasteiger partial charge in [0.15, 0.2) is 9.84 Å². The van der Waals surface area contributed by atoms with Crippen molar-refractivity contribution in [1.29, 1.82) is 0 Å². The number of hydrogen-bond donors (Lipinski definition) is 1. The topological polar surface area (TPSA) is 75.7 Å². The van der Waals surface area contributed by atoms with E-state index in [1.807, 2.05) is 47.4 Å². The van der Waals surface area contributed by atoms with Crippen molar-refractivity contribution in [3.63, 3.8) is 0 Å². The summed E-state index contributed by atoms with van der Waals surface area (Å²) in [6.45, 7) is 0.708. The van der Waals surface area contributed by atoms with Crippen molar-refractivity contribution in [3.8, 4) is 5.75 Å². The summed E-state index contributed by atoms with van der Waals surface area (Å²) in [7, 11) is -1.42. The molecule has 1 aliphatic heterocycles. The van der Waals surface area contributed by atoms with Crippen molar-refractivity contribution >= 4 is 15.7 Å². The maximum Gasteiger partial charge on any atom is 0.234 e. The van der Waals surface area contributed by atoms with E-state index in [1.165, 1.54) is 12.8 Å². The predicted octanol–water partition coefficient (Wildman–Crippen LogP) is 3.73. The van der Waals surface area contributed by atoms with Gasteiger partial charge < -0.3 is 10.1 Å². The number of rotatable bonds is 9. The summed E-state index contributed by atoms with van der Waals surface area (Å²) in [6.07, 6.45) is 5.21. The highest BCUT2D eigenvalue weighted by atomic mass is 32.2. The van der Waals surface area contributed by atoms with Crippen molar-refractivity contribution in [3.05, 3.63) is 65.7 Å². The van der Waals surface area contributed by atoms with E-state index in [0.29, 0.717) is 18.9 Å². The van der Waals surface area contributed by atoms with Crippen LogP contribution in [-0.2, 0) is 21.2 Å². The molecule has 0 aromatic heterocycles. The van der Waals surface area contributed by atoms with Gasteiger partial charge in [0.1, 0.15) is 5.75 Å². The highest BCUT2D eigenvalue weighted by molar-refractivity contribution is 7.91. The largest absolute Gasteiger partial charge is 0.497 e. The molecule has 0 radical (unpaired) electrons. The Morgan fingerprint density at radius 1 is 1.06 bits per heavy atom. The molecule has 2 aliphatic rings. The van der Waals surface area contributed by atoms with Gasteiger partial charge in [-0.3, -0.25) is 9.69 Å². The summed E-state index contributed by atoms with van der Waals surface area (Å²) in [5.41, 5.74) is 2.17. The zero-order valence-electron chi connectivity index (χ0n) is 19.3. The zero-order valence-corrected chi connectivity index (χ0v) is 20.1. The summed E-state index contributed by atoms with van der Waals surface area (Å²) in [4.78, 5) is 15.3. The number of carbonyl (C=O) groups is 1. The third-order valence-corrected chi connectivity index (χ3v) is 8.71. The molecule has 1 saturated carbocycles. The molecule has 4 rings (SSSR count). The Hall–Kier alpha value is -2.38. The number of carbonyl (C=O) groups excluding carboxylic acids is 1. The minimum atomic E-state index is -3.05.